The second-order valence-corrected chi connectivity index (χ2v) is 6.47. The van der Waals surface area contributed by atoms with Crippen LogP contribution >= 0.6 is 0 Å². The lowest BCUT2D eigenvalue weighted by Gasteiger charge is -2.29. The van der Waals surface area contributed by atoms with E-state index in [4.69, 9.17) is 0 Å². The molecule has 1 aromatic carbocycles. The van der Waals surface area contributed by atoms with Crippen molar-refractivity contribution in [2.75, 3.05) is 19.6 Å². The largest absolute Gasteiger partial charge is 0.383 e. The molecule has 0 aliphatic carbocycles. The third-order valence-electron chi connectivity index (χ3n) is 3.75. The summed E-state index contributed by atoms with van der Waals surface area (Å²) >= 11 is 0. The summed E-state index contributed by atoms with van der Waals surface area (Å²) in [5.74, 6) is -5.15. The Bertz CT molecular complexity index is 603. The van der Waals surface area contributed by atoms with Gasteiger partial charge in [0.25, 0.3) is 11.8 Å². The first-order chi connectivity index (χ1) is 12.1. The number of hydrogen-bond acceptors (Lipinski definition) is 3. The molecule has 1 aromatic rings. The van der Waals surface area contributed by atoms with E-state index in [9.17, 15) is 23.5 Å². The van der Waals surface area contributed by atoms with Gasteiger partial charge >= 0.3 is 0 Å². The fraction of sp³-hybridized carbons (Fsp3) is 0.474. The average Bonchev–Trinajstić information content (AvgIpc) is 2.57. The number of carbonyl (C=O) groups is 2. The van der Waals surface area contributed by atoms with Crippen LogP contribution in [0.3, 0.4) is 0 Å². The molecule has 0 aliphatic heterocycles. The van der Waals surface area contributed by atoms with Crippen molar-refractivity contribution in [2.45, 2.75) is 32.3 Å². The van der Waals surface area contributed by atoms with Crippen molar-refractivity contribution in [3.8, 4) is 0 Å². The molecule has 0 radical (unpaired) electrons. The van der Waals surface area contributed by atoms with Gasteiger partial charge in [0.1, 0.15) is 6.10 Å². The fourth-order valence-corrected chi connectivity index (χ4v) is 2.49. The van der Waals surface area contributed by atoms with E-state index in [1.165, 1.54) is 6.08 Å². The van der Waals surface area contributed by atoms with Crippen LogP contribution in [0.25, 0.3) is 0 Å². The molecular formula is C19H26F2N2O3. The number of nitrogens with one attached hydrogen (secondary N) is 1. The molecule has 0 fully saturated rings. The molecule has 2 atom stereocenters. The molecule has 2 unspecified atom stereocenters. The zero-order valence-electron chi connectivity index (χ0n) is 15.1. The lowest BCUT2D eigenvalue weighted by Crippen LogP contribution is -2.50. The van der Waals surface area contributed by atoms with Gasteiger partial charge in [-0.3, -0.25) is 9.59 Å². The van der Waals surface area contributed by atoms with Crippen LogP contribution in [0.1, 0.15) is 19.4 Å². The van der Waals surface area contributed by atoms with Crippen LogP contribution in [-0.2, 0) is 16.0 Å². The summed E-state index contributed by atoms with van der Waals surface area (Å²) < 4.78 is 26.8. The Labute approximate surface area is 152 Å². The predicted molar refractivity (Wildman–Crippen MR) is 95.7 cm³/mol. The molecule has 0 aliphatic rings. The van der Waals surface area contributed by atoms with Gasteiger partial charge in [-0.05, 0) is 17.9 Å². The number of hydrogen-bond donors (Lipinski definition) is 2. The van der Waals surface area contributed by atoms with Crippen LogP contribution in [0.15, 0.2) is 43.0 Å². The van der Waals surface area contributed by atoms with E-state index < -0.39 is 42.8 Å². The Hall–Kier alpha value is -2.28. The molecular weight excluding hydrogens is 342 g/mol. The predicted octanol–water partition coefficient (Wildman–Crippen LogP) is 2.01. The molecule has 2 N–H and O–H groups in total. The minimum atomic E-state index is -3.18. The fourth-order valence-electron chi connectivity index (χ4n) is 2.49. The third kappa shape index (κ3) is 7.74. The number of halogens is 2. The summed E-state index contributed by atoms with van der Waals surface area (Å²) in [5, 5.41) is 12.8. The molecule has 0 aromatic heterocycles. The highest BCUT2D eigenvalue weighted by atomic mass is 19.3. The maximum absolute atomic E-state index is 13.4. The van der Waals surface area contributed by atoms with E-state index in [0.717, 1.165) is 5.56 Å². The number of rotatable bonds is 10. The van der Waals surface area contributed by atoms with Crippen LogP contribution in [-0.4, -0.2) is 53.5 Å². The van der Waals surface area contributed by atoms with Crippen molar-refractivity contribution in [1.82, 2.24) is 10.2 Å². The third-order valence-corrected chi connectivity index (χ3v) is 3.75. The minimum Gasteiger partial charge on any atom is -0.383 e. The van der Waals surface area contributed by atoms with Gasteiger partial charge in [-0.2, -0.15) is 0 Å². The highest BCUT2D eigenvalue weighted by Gasteiger charge is 2.34. The molecule has 0 spiro atoms. The van der Waals surface area contributed by atoms with Gasteiger partial charge in [0.2, 0.25) is 5.91 Å². The Morgan fingerprint density at radius 1 is 1.35 bits per heavy atom. The van der Waals surface area contributed by atoms with Crippen LogP contribution in [0.5, 0.6) is 0 Å². The zero-order chi connectivity index (χ0) is 19.7. The van der Waals surface area contributed by atoms with E-state index in [-0.39, 0.29) is 6.54 Å². The maximum Gasteiger partial charge on any atom is 0.262 e. The summed E-state index contributed by atoms with van der Waals surface area (Å²) in [4.78, 5) is 25.0. The van der Waals surface area contributed by atoms with Gasteiger partial charge in [-0.1, -0.05) is 43.3 Å². The van der Waals surface area contributed by atoms with E-state index in [2.05, 4.69) is 11.9 Å². The van der Waals surface area contributed by atoms with Crippen molar-refractivity contribution in [3.63, 3.8) is 0 Å². The number of aliphatic hydroxyl groups is 1. The topological polar surface area (TPSA) is 69.6 Å². The maximum atomic E-state index is 13.4. The van der Waals surface area contributed by atoms with Gasteiger partial charge in [-0.25, -0.2) is 8.78 Å². The van der Waals surface area contributed by atoms with Crippen molar-refractivity contribution in [2.24, 2.45) is 5.92 Å². The molecule has 2 amide bonds. The Morgan fingerprint density at radius 2 is 1.96 bits per heavy atom. The van der Waals surface area contributed by atoms with E-state index >= 15 is 0 Å². The highest BCUT2D eigenvalue weighted by Crippen LogP contribution is 2.18. The lowest BCUT2D eigenvalue weighted by atomic mass is 9.95. The monoisotopic (exact) mass is 368 g/mol. The molecule has 0 heterocycles. The second kappa shape index (κ2) is 10.0. The molecule has 1 rings (SSSR count). The summed E-state index contributed by atoms with van der Waals surface area (Å²) in [6, 6.07) is 9.24. The summed E-state index contributed by atoms with van der Waals surface area (Å²) in [5.41, 5.74) is 0.919. The number of nitrogens with zero attached hydrogens (tertiary/aromatic N) is 1. The van der Waals surface area contributed by atoms with Crippen LogP contribution < -0.4 is 5.32 Å². The molecule has 144 valence electrons. The first-order valence-electron chi connectivity index (χ1n) is 8.40. The van der Waals surface area contributed by atoms with E-state index in [1.54, 1.807) is 6.92 Å². The molecule has 0 saturated heterocycles. The van der Waals surface area contributed by atoms with Crippen molar-refractivity contribution >= 4 is 11.8 Å². The Kier molecular flexibility index (Phi) is 8.38. The van der Waals surface area contributed by atoms with Gasteiger partial charge in [-0.15, -0.1) is 6.58 Å². The van der Waals surface area contributed by atoms with Crippen LogP contribution in [0.4, 0.5) is 8.78 Å². The Morgan fingerprint density at radius 3 is 2.50 bits per heavy atom. The quantitative estimate of drug-likeness (QED) is 0.621. The van der Waals surface area contributed by atoms with Crippen LogP contribution in [0.2, 0.25) is 0 Å². The first-order valence-corrected chi connectivity index (χ1v) is 8.40. The highest BCUT2D eigenvalue weighted by molar-refractivity contribution is 5.87. The van der Waals surface area contributed by atoms with E-state index in [1.807, 2.05) is 30.3 Å². The zero-order valence-corrected chi connectivity index (χ0v) is 15.1. The molecule has 0 bridgehead atoms. The smallest absolute Gasteiger partial charge is 0.262 e. The number of alkyl halides is 2. The standard InChI is InChI=1S/C19H26F2N2O3/c1-4-10-22-16(24)12-23(13-19(3,20)21)18(26)17(25)14(2)11-15-8-6-5-7-9-15/h4-9,14,17,25H,1,10-13H2,2-3H3,(H,22,24). The Balaban J connectivity index is 2.80. The van der Waals surface area contributed by atoms with Crippen molar-refractivity contribution in [1.29, 1.82) is 0 Å². The SMILES string of the molecule is C=CCNC(=O)CN(CC(C)(F)F)C(=O)C(O)C(C)Cc1ccccc1. The second-order valence-electron chi connectivity index (χ2n) is 6.47. The van der Waals surface area contributed by atoms with Crippen LogP contribution in [0, 0.1) is 5.92 Å². The van der Waals surface area contributed by atoms with Crippen molar-refractivity contribution < 1.29 is 23.5 Å². The number of benzene rings is 1. The van der Waals surface area contributed by atoms with Gasteiger partial charge in [0, 0.05) is 13.5 Å². The van der Waals surface area contributed by atoms with Gasteiger partial charge in [0.15, 0.2) is 0 Å². The number of amides is 2. The molecule has 7 heteroatoms. The van der Waals surface area contributed by atoms with E-state index in [0.29, 0.717) is 18.2 Å². The number of aliphatic hydroxyl groups excluding tert-OH is 1. The molecule has 5 nitrogen and oxygen atoms in total. The van der Waals surface area contributed by atoms with Crippen molar-refractivity contribution in [3.05, 3.63) is 48.6 Å². The van der Waals surface area contributed by atoms with Gasteiger partial charge < -0.3 is 15.3 Å². The normalized spacial score (nSPS) is 13.6. The average molecular weight is 368 g/mol. The first kappa shape index (κ1) is 21.8. The molecule has 0 saturated carbocycles. The molecule has 26 heavy (non-hydrogen) atoms. The lowest BCUT2D eigenvalue weighted by molar-refractivity contribution is -0.150. The summed E-state index contributed by atoms with van der Waals surface area (Å²) in [6.45, 7) is 4.44. The number of carbonyl (C=O) groups excluding carboxylic acids is 2. The van der Waals surface area contributed by atoms with Gasteiger partial charge in [0.05, 0.1) is 13.1 Å². The summed E-state index contributed by atoms with van der Waals surface area (Å²) in [6.07, 6.45) is 0.368. The minimum absolute atomic E-state index is 0.163. The summed E-state index contributed by atoms with van der Waals surface area (Å²) in [7, 11) is 0.